The zero-order valence-corrected chi connectivity index (χ0v) is 16.9. The molecule has 2 rings (SSSR count). The van der Waals surface area contributed by atoms with E-state index in [1.165, 1.54) is 7.11 Å². The third kappa shape index (κ3) is 4.87. The first kappa shape index (κ1) is 21.4. The number of thioether (sulfide) groups is 1. The molecule has 1 heterocycles. The SMILES string of the molecule is C#CCOc1ccc(/C=C2\SC(=O)N(CC(=O)N(CC)CC)C2=O)cc1OC. The number of carbonyl (C=O) groups is 3. The number of amides is 3. The lowest BCUT2D eigenvalue weighted by Crippen LogP contribution is -2.41. The first-order valence-corrected chi connectivity index (χ1v) is 9.54. The summed E-state index contributed by atoms with van der Waals surface area (Å²) in [5.41, 5.74) is 0.658. The number of methoxy groups -OCH3 is 1. The summed E-state index contributed by atoms with van der Waals surface area (Å²) in [5, 5.41) is -0.460. The number of terminal acetylenes is 1. The van der Waals surface area contributed by atoms with Gasteiger partial charge in [-0.3, -0.25) is 19.3 Å². The summed E-state index contributed by atoms with van der Waals surface area (Å²) in [6, 6.07) is 5.08. The second-order valence-corrected chi connectivity index (χ2v) is 6.73. The number of imide groups is 1. The van der Waals surface area contributed by atoms with Gasteiger partial charge in [0.25, 0.3) is 11.1 Å². The Bertz CT molecular complexity index is 839. The standard InChI is InChI=1S/C20H22N2O5S/c1-5-10-27-15-9-8-14(11-16(15)26-4)12-17-19(24)22(20(25)28-17)13-18(23)21(6-2)7-3/h1,8-9,11-12H,6-7,10,13H2,2-4H3/b17-12-. The van der Waals surface area contributed by atoms with Crippen molar-refractivity contribution in [3.8, 4) is 23.8 Å². The van der Waals surface area contributed by atoms with Gasteiger partial charge in [-0.15, -0.1) is 6.42 Å². The molecule has 0 unspecified atom stereocenters. The Kier molecular flexibility index (Phi) is 7.52. The lowest BCUT2D eigenvalue weighted by molar-refractivity contribution is -0.135. The highest BCUT2D eigenvalue weighted by atomic mass is 32.2. The van der Waals surface area contributed by atoms with Crippen LogP contribution in [0.25, 0.3) is 6.08 Å². The second kappa shape index (κ2) is 9.85. The van der Waals surface area contributed by atoms with Crippen LogP contribution >= 0.6 is 11.8 Å². The molecule has 3 amide bonds. The van der Waals surface area contributed by atoms with E-state index in [1.54, 1.807) is 29.2 Å². The van der Waals surface area contributed by atoms with Crippen LogP contribution in [0.1, 0.15) is 19.4 Å². The van der Waals surface area contributed by atoms with Crippen LogP contribution in [0, 0.1) is 12.3 Å². The van der Waals surface area contributed by atoms with Crippen molar-refractivity contribution in [2.24, 2.45) is 0 Å². The normalized spacial score (nSPS) is 14.9. The predicted octanol–water partition coefficient (Wildman–Crippen LogP) is 2.61. The van der Waals surface area contributed by atoms with Crippen LogP contribution in [0.3, 0.4) is 0 Å². The minimum absolute atomic E-state index is 0.106. The molecule has 7 nitrogen and oxygen atoms in total. The van der Waals surface area contributed by atoms with Gasteiger partial charge < -0.3 is 14.4 Å². The number of ether oxygens (including phenoxy) is 2. The second-order valence-electron chi connectivity index (χ2n) is 5.74. The molecule has 0 atom stereocenters. The number of carbonyl (C=O) groups excluding carboxylic acids is 3. The largest absolute Gasteiger partial charge is 0.493 e. The number of hydrogen-bond acceptors (Lipinski definition) is 6. The quantitative estimate of drug-likeness (QED) is 0.491. The summed E-state index contributed by atoms with van der Waals surface area (Å²) in [6.45, 7) is 4.59. The van der Waals surface area contributed by atoms with E-state index in [0.29, 0.717) is 30.2 Å². The highest BCUT2D eigenvalue weighted by molar-refractivity contribution is 8.18. The molecule has 1 aromatic carbocycles. The van der Waals surface area contributed by atoms with Crippen LogP contribution in [0.2, 0.25) is 0 Å². The number of rotatable bonds is 8. The minimum atomic E-state index is -0.484. The third-order valence-corrected chi connectivity index (χ3v) is 4.99. The van der Waals surface area contributed by atoms with Crippen LogP contribution in [-0.4, -0.2) is 60.2 Å². The Morgan fingerprint density at radius 1 is 1.29 bits per heavy atom. The number of benzene rings is 1. The highest BCUT2D eigenvalue weighted by Gasteiger charge is 2.36. The van der Waals surface area contributed by atoms with Crippen LogP contribution in [0.5, 0.6) is 11.5 Å². The maximum atomic E-state index is 12.6. The fourth-order valence-corrected chi connectivity index (χ4v) is 3.45. The fourth-order valence-electron chi connectivity index (χ4n) is 2.61. The molecular formula is C20H22N2O5S. The van der Waals surface area contributed by atoms with Crippen LogP contribution < -0.4 is 9.47 Å². The molecule has 28 heavy (non-hydrogen) atoms. The van der Waals surface area contributed by atoms with Gasteiger partial charge >= 0.3 is 0 Å². The van der Waals surface area contributed by atoms with Crippen molar-refractivity contribution < 1.29 is 23.9 Å². The van der Waals surface area contributed by atoms with Crippen molar-refractivity contribution in [3.63, 3.8) is 0 Å². The molecule has 0 spiro atoms. The summed E-state index contributed by atoms with van der Waals surface area (Å²) in [4.78, 5) is 39.8. The van der Waals surface area contributed by atoms with E-state index in [2.05, 4.69) is 5.92 Å². The Hall–Kier alpha value is -2.92. The summed E-state index contributed by atoms with van der Waals surface area (Å²) in [7, 11) is 1.49. The minimum Gasteiger partial charge on any atom is -0.493 e. The van der Waals surface area contributed by atoms with E-state index >= 15 is 0 Å². The fraction of sp³-hybridized carbons (Fsp3) is 0.350. The van der Waals surface area contributed by atoms with Crippen LogP contribution in [0.4, 0.5) is 4.79 Å². The monoisotopic (exact) mass is 402 g/mol. The first-order chi connectivity index (χ1) is 13.4. The van der Waals surface area contributed by atoms with Crippen molar-refractivity contribution in [1.29, 1.82) is 0 Å². The number of likely N-dealkylation sites (N-methyl/N-ethyl adjacent to an activating group) is 1. The highest BCUT2D eigenvalue weighted by Crippen LogP contribution is 2.34. The molecule has 0 aliphatic carbocycles. The number of nitrogens with zero attached hydrogens (tertiary/aromatic N) is 2. The van der Waals surface area contributed by atoms with Gasteiger partial charge in [-0.25, -0.2) is 0 Å². The zero-order chi connectivity index (χ0) is 20.7. The van der Waals surface area contributed by atoms with Gasteiger partial charge in [-0.05, 0) is 49.4 Å². The molecular weight excluding hydrogens is 380 g/mol. The topological polar surface area (TPSA) is 76.2 Å². The summed E-state index contributed by atoms with van der Waals surface area (Å²) in [6.07, 6.45) is 6.77. The molecule has 0 N–H and O–H groups in total. The Balaban J connectivity index is 2.19. The third-order valence-electron chi connectivity index (χ3n) is 4.08. The molecule has 1 fully saturated rings. The summed E-state index contributed by atoms with van der Waals surface area (Å²) >= 11 is 0.806. The van der Waals surface area contributed by atoms with E-state index in [9.17, 15) is 14.4 Å². The van der Waals surface area contributed by atoms with Crippen molar-refractivity contribution in [2.45, 2.75) is 13.8 Å². The van der Waals surface area contributed by atoms with E-state index in [0.717, 1.165) is 16.7 Å². The van der Waals surface area contributed by atoms with E-state index in [-0.39, 0.29) is 24.0 Å². The molecule has 1 saturated heterocycles. The van der Waals surface area contributed by atoms with E-state index < -0.39 is 11.1 Å². The van der Waals surface area contributed by atoms with Crippen molar-refractivity contribution >= 4 is 34.9 Å². The lowest BCUT2D eigenvalue weighted by Gasteiger charge is -2.21. The predicted molar refractivity (Wildman–Crippen MR) is 108 cm³/mol. The van der Waals surface area contributed by atoms with Gasteiger partial charge in [-0.2, -0.15) is 0 Å². The molecule has 1 aromatic rings. The molecule has 8 heteroatoms. The maximum absolute atomic E-state index is 12.6. The first-order valence-electron chi connectivity index (χ1n) is 8.72. The summed E-state index contributed by atoms with van der Waals surface area (Å²) < 4.78 is 10.7. The number of hydrogen-bond donors (Lipinski definition) is 0. The summed E-state index contributed by atoms with van der Waals surface area (Å²) in [5.74, 6) is 2.57. The van der Waals surface area contributed by atoms with Crippen molar-refractivity contribution in [1.82, 2.24) is 9.80 Å². The van der Waals surface area contributed by atoms with Gasteiger partial charge in [0.1, 0.15) is 13.2 Å². The maximum Gasteiger partial charge on any atom is 0.294 e. The zero-order valence-electron chi connectivity index (χ0n) is 16.1. The smallest absolute Gasteiger partial charge is 0.294 e. The molecule has 148 valence electrons. The van der Waals surface area contributed by atoms with Crippen LogP contribution in [0.15, 0.2) is 23.1 Å². The van der Waals surface area contributed by atoms with Gasteiger partial charge in [0.2, 0.25) is 5.91 Å². The Labute approximate surface area is 168 Å². The average Bonchev–Trinajstić information content (AvgIpc) is 2.95. The lowest BCUT2D eigenvalue weighted by atomic mass is 10.2. The van der Waals surface area contributed by atoms with Gasteiger partial charge in [0, 0.05) is 13.1 Å². The van der Waals surface area contributed by atoms with E-state index in [4.69, 9.17) is 15.9 Å². The van der Waals surface area contributed by atoms with Gasteiger partial charge in [-0.1, -0.05) is 12.0 Å². The Morgan fingerprint density at radius 3 is 2.61 bits per heavy atom. The van der Waals surface area contributed by atoms with Crippen LogP contribution in [-0.2, 0) is 9.59 Å². The molecule has 0 bridgehead atoms. The Morgan fingerprint density at radius 2 is 2.00 bits per heavy atom. The molecule has 1 aliphatic heterocycles. The molecule has 0 saturated carbocycles. The van der Waals surface area contributed by atoms with Gasteiger partial charge in [0.05, 0.1) is 12.0 Å². The molecule has 0 aromatic heterocycles. The van der Waals surface area contributed by atoms with Crippen molar-refractivity contribution in [2.75, 3.05) is 33.4 Å². The average molecular weight is 402 g/mol. The molecule has 1 aliphatic rings. The molecule has 0 radical (unpaired) electrons. The van der Waals surface area contributed by atoms with Gasteiger partial charge in [0.15, 0.2) is 11.5 Å². The van der Waals surface area contributed by atoms with Crippen molar-refractivity contribution in [3.05, 3.63) is 28.7 Å². The van der Waals surface area contributed by atoms with E-state index in [1.807, 2.05) is 13.8 Å².